The van der Waals surface area contributed by atoms with E-state index in [2.05, 4.69) is 90.2 Å². The average molecular weight is 475 g/mol. The van der Waals surface area contributed by atoms with Crippen LogP contribution in [0.5, 0.6) is 0 Å². The summed E-state index contributed by atoms with van der Waals surface area (Å²) in [6, 6.07) is 29.1. The number of rotatable bonds is 8. The molecule has 0 heterocycles. The third kappa shape index (κ3) is 3.83. The maximum absolute atomic E-state index is 12.3. The van der Waals surface area contributed by atoms with Gasteiger partial charge in [-0.25, -0.2) is 0 Å². The molecule has 4 aromatic rings. The SMILES string of the molecule is NCCC[C@H](NC(c1cccc2c1Cc1ccccc1-2)c1cccc2c1Cc1ccccc1-2)C(=O)O. The van der Waals surface area contributed by atoms with Crippen molar-refractivity contribution in [3.05, 3.63) is 118 Å². The highest BCUT2D eigenvalue weighted by Crippen LogP contribution is 2.45. The molecule has 36 heavy (non-hydrogen) atoms. The number of hydrogen-bond donors (Lipinski definition) is 3. The van der Waals surface area contributed by atoms with Gasteiger partial charge in [0.15, 0.2) is 0 Å². The van der Waals surface area contributed by atoms with Crippen molar-refractivity contribution in [3.8, 4) is 22.3 Å². The van der Waals surface area contributed by atoms with Gasteiger partial charge in [-0.3, -0.25) is 10.1 Å². The lowest BCUT2D eigenvalue weighted by Gasteiger charge is -2.28. The lowest BCUT2D eigenvalue weighted by atomic mass is 9.87. The van der Waals surface area contributed by atoms with Gasteiger partial charge in [0.2, 0.25) is 0 Å². The van der Waals surface area contributed by atoms with Crippen LogP contribution in [0.1, 0.15) is 52.3 Å². The average Bonchev–Trinajstić information content (AvgIpc) is 3.47. The Morgan fingerprint density at radius 1 is 0.750 bits per heavy atom. The van der Waals surface area contributed by atoms with E-state index in [9.17, 15) is 9.90 Å². The van der Waals surface area contributed by atoms with Crippen molar-refractivity contribution in [2.45, 2.75) is 37.8 Å². The molecule has 0 spiro atoms. The highest BCUT2D eigenvalue weighted by molar-refractivity contribution is 5.81. The molecular formula is C32H30N2O2. The smallest absolute Gasteiger partial charge is 0.320 e. The molecule has 0 aromatic heterocycles. The van der Waals surface area contributed by atoms with Gasteiger partial charge in [0, 0.05) is 0 Å². The molecule has 1 atom stereocenters. The fourth-order valence-corrected chi connectivity index (χ4v) is 6.05. The molecule has 0 saturated heterocycles. The Morgan fingerprint density at radius 3 is 1.75 bits per heavy atom. The molecule has 2 aliphatic carbocycles. The van der Waals surface area contributed by atoms with Crippen LogP contribution in [0, 0.1) is 0 Å². The fraction of sp³-hybridized carbons (Fsp3) is 0.219. The third-order valence-electron chi connectivity index (χ3n) is 7.76. The Morgan fingerprint density at radius 2 is 1.25 bits per heavy atom. The number of carboxylic acids is 1. The maximum atomic E-state index is 12.3. The predicted molar refractivity (Wildman–Crippen MR) is 144 cm³/mol. The first kappa shape index (κ1) is 22.7. The minimum atomic E-state index is -0.833. The molecule has 2 aliphatic rings. The van der Waals surface area contributed by atoms with Gasteiger partial charge in [0.1, 0.15) is 6.04 Å². The fourth-order valence-electron chi connectivity index (χ4n) is 6.05. The molecule has 0 aliphatic heterocycles. The summed E-state index contributed by atoms with van der Waals surface area (Å²) in [6.07, 6.45) is 2.87. The van der Waals surface area contributed by atoms with E-state index in [4.69, 9.17) is 5.73 Å². The molecule has 0 saturated carbocycles. The topological polar surface area (TPSA) is 75.3 Å². The van der Waals surface area contributed by atoms with Crippen molar-refractivity contribution in [3.63, 3.8) is 0 Å². The maximum Gasteiger partial charge on any atom is 0.320 e. The monoisotopic (exact) mass is 474 g/mol. The molecule has 180 valence electrons. The number of aliphatic carboxylic acids is 1. The summed E-state index contributed by atoms with van der Waals surface area (Å²) in [5, 5.41) is 13.7. The summed E-state index contributed by atoms with van der Waals surface area (Å²) < 4.78 is 0. The van der Waals surface area contributed by atoms with Crippen LogP contribution < -0.4 is 11.1 Å². The van der Waals surface area contributed by atoms with Crippen molar-refractivity contribution in [2.75, 3.05) is 6.54 Å². The van der Waals surface area contributed by atoms with E-state index < -0.39 is 12.0 Å². The van der Waals surface area contributed by atoms with E-state index in [1.54, 1.807) is 0 Å². The zero-order valence-corrected chi connectivity index (χ0v) is 20.2. The second-order valence-electron chi connectivity index (χ2n) is 9.84. The van der Waals surface area contributed by atoms with Crippen LogP contribution >= 0.6 is 0 Å². The van der Waals surface area contributed by atoms with E-state index in [-0.39, 0.29) is 6.04 Å². The third-order valence-corrected chi connectivity index (χ3v) is 7.76. The van der Waals surface area contributed by atoms with Crippen LogP contribution in [-0.4, -0.2) is 23.7 Å². The summed E-state index contributed by atoms with van der Waals surface area (Å²) in [7, 11) is 0. The number of carbonyl (C=O) groups is 1. The van der Waals surface area contributed by atoms with Crippen LogP contribution in [0.3, 0.4) is 0 Å². The first-order valence-corrected chi connectivity index (χ1v) is 12.7. The lowest BCUT2D eigenvalue weighted by Crippen LogP contribution is -2.40. The summed E-state index contributed by atoms with van der Waals surface area (Å²) in [6.45, 7) is 0.474. The van der Waals surface area contributed by atoms with Gasteiger partial charge in [0.25, 0.3) is 0 Å². The van der Waals surface area contributed by atoms with Gasteiger partial charge >= 0.3 is 5.97 Å². The van der Waals surface area contributed by atoms with Crippen LogP contribution in [0.25, 0.3) is 22.3 Å². The Kier molecular flexibility index (Phi) is 5.92. The molecule has 0 radical (unpaired) electrons. The number of benzene rings is 4. The Labute approximate surface area is 211 Å². The Hall–Kier alpha value is -3.73. The van der Waals surface area contributed by atoms with E-state index >= 15 is 0 Å². The molecule has 6 rings (SSSR count). The minimum Gasteiger partial charge on any atom is -0.480 e. The molecule has 4 nitrogen and oxygen atoms in total. The predicted octanol–water partition coefficient (Wildman–Crippen LogP) is 5.70. The van der Waals surface area contributed by atoms with Crippen molar-refractivity contribution in [1.29, 1.82) is 0 Å². The standard InChI is InChI=1S/C32H30N2O2/c33-17-7-16-30(32(35)36)34-31(26-14-5-12-24-22-10-3-1-8-20(22)18-28(24)26)27-15-6-13-25-23-11-4-2-9-21(23)19-29(25)27/h1-6,8-15,30-31,34H,7,16-19,33H2,(H,35,36)/t30-/m0/s1. The van der Waals surface area contributed by atoms with Gasteiger partial charge in [0.05, 0.1) is 6.04 Å². The lowest BCUT2D eigenvalue weighted by molar-refractivity contribution is -0.139. The molecular weight excluding hydrogens is 444 g/mol. The van der Waals surface area contributed by atoms with E-state index in [1.807, 2.05) is 0 Å². The van der Waals surface area contributed by atoms with E-state index in [1.165, 1.54) is 44.5 Å². The molecule has 0 unspecified atom stereocenters. The van der Waals surface area contributed by atoms with Crippen molar-refractivity contribution >= 4 is 5.97 Å². The molecule has 0 amide bonds. The number of fused-ring (bicyclic) bond motifs is 6. The molecule has 0 bridgehead atoms. The van der Waals surface area contributed by atoms with Gasteiger partial charge in [-0.05, 0) is 87.9 Å². The van der Waals surface area contributed by atoms with Crippen LogP contribution in [0.15, 0.2) is 84.9 Å². The van der Waals surface area contributed by atoms with Gasteiger partial charge in [-0.1, -0.05) is 84.9 Å². The van der Waals surface area contributed by atoms with Crippen LogP contribution in [0.2, 0.25) is 0 Å². The van der Waals surface area contributed by atoms with Crippen LogP contribution in [-0.2, 0) is 17.6 Å². The number of hydrogen-bond acceptors (Lipinski definition) is 3. The Bertz CT molecular complexity index is 1360. The number of nitrogens with two attached hydrogens (primary N) is 1. The number of nitrogens with one attached hydrogen (secondary N) is 1. The van der Waals surface area contributed by atoms with Crippen molar-refractivity contribution in [1.82, 2.24) is 5.32 Å². The highest BCUT2D eigenvalue weighted by atomic mass is 16.4. The van der Waals surface area contributed by atoms with E-state index in [0.717, 1.165) is 24.0 Å². The van der Waals surface area contributed by atoms with Gasteiger partial charge in [-0.2, -0.15) is 0 Å². The molecule has 4 N–H and O–H groups in total. The summed E-state index contributed by atoms with van der Waals surface area (Å²) >= 11 is 0. The van der Waals surface area contributed by atoms with Crippen LogP contribution in [0.4, 0.5) is 0 Å². The van der Waals surface area contributed by atoms with Crippen molar-refractivity contribution < 1.29 is 9.90 Å². The van der Waals surface area contributed by atoms with Crippen molar-refractivity contribution in [2.24, 2.45) is 5.73 Å². The first-order chi connectivity index (χ1) is 17.7. The summed E-state index contributed by atoms with van der Waals surface area (Å²) in [4.78, 5) is 12.3. The zero-order valence-electron chi connectivity index (χ0n) is 20.2. The first-order valence-electron chi connectivity index (χ1n) is 12.7. The summed E-state index contributed by atoms with van der Waals surface area (Å²) in [5.41, 5.74) is 18.3. The largest absolute Gasteiger partial charge is 0.480 e. The molecule has 4 heteroatoms. The molecule has 0 fully saturated rings. The quantitative estimate of drug-likeness (QED) is 0.265. The number of carboxylic acid groups (broad SMARTS) is 1. The minimum absolute atomic E-state index is 0.239. The molecule has 4 aromatic carbocycles. The highest BCUT2D eigenvalue weighted by Gasteiger charge is 2.32. The van der Waals surface area contributed by atoms with E-state index in [0.29, 0.717) is 19.4 Å². The Balaban J connectivity index is 1.50. The second kappa shape index (κ2) is 9.38. The second-order valence-corrected chi connectivity index (χ2v) is 9.84. The van der Waals surface area contributed by atoms with Gasteiger partial charge in [-0.15, -0.1) is 0 Å². The van der Waals surface area contributed by atoms with Gasteiger partial charge < -0.3 is 10.8 Å². The normalized spacial score (nSPS) is 13.7. The summed E-state index contributed by atoms with van der Waals surface area (Å²) in [5.74, 6) is -0.833. The zero-order chi connectivity index (χ0) is 24.6.